The van der Waals surface area contributed by atoms with Gasteiger partial charge in [-0.1, -0.05) is 11.7 Å². The Labute approximate surface area is 153 Å². The first-order valence-electron chi connectivity index (χ1n) is 8.37. The molecule has 0 radical (unpaired) electrons. The van der Waals surface area contributed by atoms with E-state index in [9.17, 15) is 9.18 Å². The largest absolute Gasteiger partial charge is 0.469 e. The van der Waals surface area contributed by atoms with E-state index in [4.69, 9.17) is 9.26 Å². The van der Waals surface area contributed by atoms with Crippen LogP contribution in [0.1, 0.15) is 6.42 Å². The van der Waals surface area contributed by atoms with Gasteiger partial charge < -0.3 is 24.5 Å². The Bertz CT molecular complexity index is 957. The number of nitrogens with one attached hydrogen (secondary N) is 2. The number of carbonyl (C=O) groups excluding carboxylic acids is 1. The maximum atomic E-state index is 14.4. The van der Waals surface area contributed by atoms with Crippen LogP contribution in [0.25, 0.3) is 11.0 Å². The van der Waals surface area contributed by atoms with Crippen LogP contribution in [0.2, 0.25) is 0 Å². The number of aromatic amines is 1. The number of nitrogens with zero attached hydrogens (tertiary/aromatic N) is 4. The number of ether oxygens (including phenoxy) is 1. The van der Waals surface area contributed by atoms with Gasteiger partial charge in [0.1, 0.15) is 29.9 Å². The van der Waals surface area contributed by atoms with Gasteiger partial charge in [-0.15, -0.1) is 0 Å². The fourth-order valence-corrected chi connectivity index (χ4v) is 2.93. The molecule has 0 saturated carbocycles. The molecule has 0 unspecified atom stereocenters. The van der Waals surface area contributed by atoms with Gasteiger partial charge >= 0.3 is 0 Å². The van der Waals surface area contributed by atoms with Gasteiger partial charge in [-0.05, 0) is 18.6 Å². The molecule has 0 aliphatic carbocycles. The van der Waals surface area contributed by atoms with Crippen molar-refractivity contribution in [2.24, 2.45) is 0 Å². The normalized spacial score (nSPS) is 19.8. The molecule has 0 aromatic carbocycles. The highest BCUT2D eigenvalue weighted by molar-refractivity contribution is 5.87. The monoisotopic (exact) mass is 372 g/mol. The number of carbonyl (C=O) groups is 1. The zero-order valence-corrected chi connectivity index (χ0v) is 14.3. The molecule has 0 bridgehead atoms. The summed E-state index contributed by atoms with van der Waals surface area (Å²) in [6, 6.07) is 1.75. The van der Waals surface area contributed by atoms with E-state index in [1.54, 1.807) is 12.3 Å². The molecule has 1 fully saturated rings. The number of amides is 1. The van der Waals surface area contributed by atoms with Gasteiger partial charge in [0.15, 0.2) is 0 Å². The number of rotatable bonds is 5. The Morgan fingerprint density at radius 1 is 1.52 bits per heavy atom. The Balaban J connectivity index is 1.61. The lowest BCUT2D eigenvalue weighted by Crippen LogP contribution is -2.49. The van der Waals surface area contributed by atoms with Gasteiger partial charge in [0.05, 0.1) is 18.1 Å². The molecule has 2 N–H and O–H groups in total. The van der Waals surface area contributed by atoms with E-state index in [0.29, 0.717) is 23.3 Å². The van der Waals surface area contributed by atoms with E-state index < -0.39 is 12.3 Å². The van der Waals surface area contributed by atoms with Crippen molar-refractivity contribution in [3.63, 3.8) is 0 Å². The maximum Gasteiger partial charge on any atom is 0.246 e. The van der Waals surface area contributed by atoms with E-state index in [1.807, 2.05) is 0 Å². The molecule has 9 nitrogen and oxygen atoms in total. The van der Waals surface area contributed by atoms with Crippen molar-refractivity contribution in [2.75, 3.05) is 18.4 Å². The van der Waals surface area contributed by atoms with Crippen LogP contribution in [-0.4, -0.2) is 56.3 Å². The van der Waals surface area contributed by atoms with E-state index in [0.717, 1.165) is 0 Å². The SMILES string of the molecule is C=CC(=O)N1CC[C@H](F)[C@@H](Oc2nc(Nc3cnoc3)nc3[nH]ccc23)C1. The second kappa shape index (κ2) is 7.06. The molecule has 2 atom stereocenters. The Morgan fingerprint density at radius 2 is 2.41 bits per heavy atom. The molecule has 0 spiro atoms. The first-order chi connectivity index (χ1) is 13.1. The highest BCUT2D eigenvalue weighted by Crippen LogP contribution is 2.28. The van der Waals surface area contributed by atoms with Crippen LogP contribution >= 0.6 is 0 Å². The van der Waals surface area contributed by atoms with Crippen molar-refractivity contribution in [3.8, 4) is 5.88 Å². The molecule has 140 valence electrons. The fourth-order valence-electron chi connectivity index (χ4n) is 2.93. The molecular formula is C17H17FN6O3. The molecule has 1 amide bonds. The van der Waals surface area contributed by atoms with Crippen LogP contribution in [0.15, 0.2) is 41.9 Å². The van der Waals surface area contributed by atoms with E-state index in [-0.39, 0.29) is 30.7 Å². The van der Waals surface area contributed by atoms with Crippen LogP contribution < -0.4 is 10.1 Å². The minimum absolute atomic E-state index is 0.121. The van der Waals surface area contributed by atoms with E-state index in [1.165, 1.54) is 23.4 Å². The number of H-pyrrole nitrogens is 1. The number of halogens is 1. The third kappa shape index (κ3) is 3.46. The summed E-state index contributed by atoms with van der Waals surface area (Å²) in [5, 5.41) is 7.16. The zero-order valence-electron chi connectivity index (χ0n) is 14.3. The number of likely N-dealkylation sites (tertiary alicyclic amines) is 1. The third-order valence-electron chi connectivity index (χ3n) is 4.30. The Kier molecular flexibility index (Phi) is 4.45. The summed E-state index contributed by atoms with van der Waals surface area (Å²) in [5.41, 5.74) is 1.10. The zero-order chi connectivity index (χ0) is 18.8. The van der Waals surface area contributed by atoms with Crippen LogP contribution in [0.5, 0.6) is 5.88 Å². The number of piperidine rings is 1. The number of fused-ring (bicyclic) bond motifs is 1. The van der Waals surface area contributed by atoms with Gasteiger partial charge in [-0.2, -0.15) is 9.97 Å². The van der Waals surface area contributed by atoms with Crippen LogP contribution in [0.4, 0.5) is 16.0 Å². The van der Waals surface area contributed by atoms with Crippen LogP contribution in [-0.2, 0) is 4.79 Å². The molecule has 1 aliphatic heterocycles. The number of anilines is 2. The van der Waals surface area contributed by atoms with Gasteiger partial charge in [-0.3, -0.25) is 4.79 Å². The number of aromatic nitrogens is 4. The van der Waals surface area contributed by atoms with Gasteiger partial charge in [0.25, 0.3) is 0 Å². The summed E-state index contributed by atoms with van der Waals surface area (Å²) in [6.45, 7) is 3.92. The van der Waals surface area contributed by atoms with Crippen LogP contribution in [0.3, 0.4) is 0 Å². The predicted molar refractivity (Wildman–Crippen MR) is 94.4 cm³/mol. The third-order valence-corrected chi connectivity index (χ3v) is 4.30. The summed E-state index contributed by atoms with van der Waals surface area (Å²) in [5.74, 6) is 0.217. The number of hydrogen-bond acceptors (Lipinski definition) is 7. The standard InChI is InChI=1S/C17H17FN6O3/c1-2-14(25)24-6-4-12(18)13(8-24)27-16-11-3-5-19-15(11)22-17(23-16)21-10-7-20-26-9-10/h2-3,5,7,9,12-13H,1,4,6,8H2,(H2,19,21,22,23)/t12-,13-/m0/s1. The molecule has 10 heteroatoms. The van der Waals surface area contributed by atoms with Crippen molar-refractivity contribution in [1.29, 1.82) is 0 Å². The highest BCUT2D eigenvalue weighted by atomic mass is 19.1. The lowest BCUT2D eigenvalue weighted by Gasteiger charge is -2.34. The first-order valence-corrected chi connectivity index (χ1v) is 8.37. The summed E-state index contributed by atoms with van der Waals surface area (Å²) < 4.78 is 25.1. The fraction of sp³-hybridized carbons (Fsp3) is 0.294. The van der Waals surface area contributed by atoms with Crippen LogP contribution in [0, 0.1) is 0 Å². The van der Waals surface area contributed by atoms with Gasteiger partial charge in [-0.25, -0.2) is 4.39 Å². The topological polar surface area (TPSA) is 109 Å². The average molecular weight is 372 g/mol. The predicted octanol–water partition coefficient (Wildman–Crippen LogP) is 2.19. The first kappa shape index (κ1) is 17.0. The van der Waals surface area contributed by atoms with Crippen molar-refractivity contribution < 1.29 is 18.4 Å². The molecule has 3 aromatic heterocycles. The quantitative estimate of drug-likeness (QED) is 0.661. The van der Waals surface area contributed by atoms with Crippen molar-refractivity contribution >= 4 is 28.6 Å². The molecule has 1 aliphatic rings. The van der Waals surface area contributed by atoms with E-state index in [2.05, 4.69) is 32.0 Å². The molecule has 1 saturated heterocycles. The van der Waals surface area contributed by atoms with Crippen molar-refractivity contribution in [1.82, 2.24) is 25.0 Å². The minimum Gasteiger partial charge on any atom is -0.469 e. The lowest BCUT2D eigenvalue weighted by atomic mass is 10.1. The summed E-state index contributed by atoms with van der Waals surface area (Å²) in [4.78, 5) is 25.0. The maximum absolute atomic E-state index is 14.4. The average Bonchev–Trinajstić information content (AvgIpc) is 3.34. The van der Waals surface area contributed by atoms with Gasteiger partial charge in [0.2, 0.25) is 17.7 Å². The molecular weight excluding hydrogens is 355 g/mol. The minimum atomic E-state index is -1.21. The van der Waals surface area contributed by atoms with E-state index >= 15 is 0 Å². The lowest BCUT2D eigenvalue weighted by molar-refractivity contribution is -0.130. The second-order valence-electron chi connectivity index (χ2n) is 6.08. The smallest absolute Gasteiger partial charge is 0.246 e. The molecule has 27 heavy (non-hydrogen) atoms. The highest BCUT2D eigenvalue weighted by Gasteiger charge is 2.33. The number of alkyl halides is 1. The van der Waals surface area contributed by atoms with Crippen molar-refractivity contribution in [3.05, 3.63) is 37.4 Å². The van der Waals surface area contributed by atoms with Gasteiger partial charge in [0, 0.05) is 12.7 Å². The number of hydrogen-bond donors (Lipinski definition) is 2. The summed E-state index contributed by atoms with van der Waals surface area (Å²) in [7, 11) is 0. The van der Waals surface area contributed by atoms with Crippen molar-refractivity contribution in [2.45, 2.75) is 18.7 Å². The Morgan fingerprint density at radius 3 is 3.19 bits per heavy atom. The Hall–Kier alpha value is -3.43. The molecule has 4 heterocycles. The summed E-state index contributed by atoms with van der Waals surface area (Å²) >= 11 is 0. The summed E-state index contributed by atoms with van der Waals surface area (Å²) in [6.07, 6.45) is 3.93. The molecule has 3 aromatic rings. The second-order valence-corrected chi connectivity index (χ2v) is 6.08. The molecule has 4 rings (SSSR count).